The Hall–Kier alpha value is -10.2. The topological polar surface area (TPSA) is 11.4 Å². The summed E-state index contributed by atoms with van der Waals surface area (Å²) < 4.78 is 42.0. The second-order valence-corrected chi connectivity index (χ2v) is 20.4. The Morgan fingerprint density at radius 2 is 0.821 bits per heavy atom. The number of fused-ring (bicyclic) bond motifs is 15. The van der Waals surface area contributed by atoms with Gasteiger partial charge in [0.05, 0.1) is 27.6 Å². The molecule has 1 aromatic heterocycles. The average molecular weight is 996 g/mol. The molecule has 364 valence electrons. The van der Waals surface area contributed by atoms with Crippen LogP contribution >= 0.6 is 0 Å². The molecule has 0 atom stereocenters. The van der Waals surface area contributed by atoms with Gasteiger partial charge < -0.3 is 14.4 Å². The van der Waals surface area contributed by atoms with Gasteiger partial charge in [-0.1, -0.05) is 212 Å². The Morgan fingerprint density at radius 1 is 0.295 bits per heavy atom. The predicted molar refractivity (Wildman–Crippen MR) is 327 cm³/mol. The normalized spacial score (nSPS) is 13.4. The van der Waals surface area contributed by atoms with E-state index in [1.807, 2.05) is 83.8 Å². The first kappa shape index (κ1) is 40.1. The van der Waals surface area contributed by atoms with Crippen LogP contribution in [-0.2, 0) is 5.41 Å². The lowest BCUT2D eigenvalue weighted by molar-refractivity contribution is 0.793. The van der Waals surface area contributed by atoms with Crippen molar-refractivity contribution in [2.45, 2.75) is 5.41 Å². The van der Waals surface area contributed by atoms with E-state index in [0.717, 1.165) is 72.1 Å². The van der Waals surface area contributed by atoms with E-state index < -0.39 is 5.41 Å². The molecule has 16 rings (SSSR count). The maximum Gasteiger partial charge on any atom is 0.0726 e. The third-order valence-electron chi connectivity index (χ3n) is 16.4. The average Bonchev–Trinajstić information content (AvgIpc) is 2.75. The summed E-state index contributed by atoms with van der Waals surface area (Å²) in [6.07, 6.45) is 0. The van der Waals surface area contributed by atoms with Crippen molar-refractivity contribution < 1.29 is 5.48 Å². The standard InChI is InChI=1S/C75H49N3/c1-3-21-53(22-4-1)76(56-42-37-50-19-7-8-20-52(50)47-56)55-40-38-51(39-41-55)59-29-17-31-65-60(59)30-18-36-72(65)77(58-44-46-67-66-28-12-16-35-73(66)78(74(67)49-58)54-23-5-2-6-24-54)57-43-45-64-63-27-11-15-34-70(63)75(71(64)48-57)68-32-13-9-25-61(68)62-26-10-14-33-69(62)75/h1-49H/i38D,39D,40D,41D. The van der Waals surface area contributed by atoms with Crippen molar-refractivity contribution in [3.05, 3.63) is 319 Å². The lowest BCUT2D eigenvalue weighted by Crippen LogP contribution is -2.26. The van der Waals surface area contributed by atoms with Gasteiger partial charge in [-0.25, -0.2) is 0 Å². The van der Waals surface area contributed by atoms with Gasteiger partial charge >= 0.3 is 0 Å². The number of hydrogen-bond acceptors (Lipinski definition) is 2. The molecule has 3 nitrogen and oxygen atoms in total. The Morgan fingerprint density at radius 3 is 1.56 bits per heavy atom. The van der Waals surface area contributed by atoms with Crippen LogP contribution in [0.1, 0.15) is 27.7 Å². The molecule has 0 bridgehead atoms. The molecule has 13 aromatic carbocycles. The Bertz CT molecular complexity index is 4860. The van der Waals surface area contributed by atoms with Crippen LogP contribution in [0, 0.1) is 0 Å². The number of anilines is 6. The van der Waals surface area contributed by atoms with Crippen LogP contribution in [0.5, 0.6) is 0 Å². The molecule has 0 fully saturated rings. The van der Waals surface area contributed by atoms with Crippen LogP contribution in [0.15, 0.2) is 297 Å². The quantitative estimate of drug-likeness (QED) is 0.150. The predicted octanol–water partition coefficient (Wildman–Crippen LogP) is 20.0. The molecule has 78 heavy (non-hydrogen) atoms. The molecule has 0 aliphatic heterocycles. The summed E-state index contributed by atoms with van der Waals surface area (Å²) in [7, 11) is 0. The monoisotopic (exact) mass is 995 g/mol. The molecular formula is C75H49N3. The van der Waals surface area contributed by atoms with Gasteiger partial charge in [0.1, 0.15) is 0 Å². The summed E-state index contributed by atoms with van der Waals surface area (Å²) in [4.78, 5) is 4.23. The van der Waals surface area contributed by atoms with Crippen molar-refractivity contribution in [2.75, 3.05) is 9.80 Å². The fraction of sp³-hybridized carbons (Fsp3) is 0.0133. The largest absolute Gasteiger partial charge is 0.310 e. The number of nitrogens with zero attached hydrogens (tertiary/aromatic N) is 3. The van der Waals surface area contributed by atoms with E-state index in [9.17, 15) is 5.48 Å². The molecule has 0 radical (unpaired) electrons. The van der Waals surface area contributed by atoms with Gasteiger partial charge in [0.15, 0.2) is 0 Å². The zero-order chi connectivity index (χ0) is 54.8. The second kappa shape index (κ2) is 17.4. The van der Waals surface area contributed by atoms with Crippen molar-refractivity contribution in [3.63, 3.8) is 0 Å². The van der Waals surface area contributed by atoms with Crippen LogP contribution < -0.4 is 9.80 Å². The number of rotatable bonds is 8. The van der Waals surface area contributed by atoms with Crippen LogP contribution in [0.4, 0.5) is 34.1 Å². The summed E-state index contributed by atoms with van der Waals surface area (Å²) in [5, 5.41) is 6.07. The SMILES string of the molecule is [2H]c1c([2H])c(N(c2ccccc2)c2ccc3ccccc3c2)c([2H])c([2H])c1-c1cccc2c(N(c3ccc4c(c3)C3(c5ccccc5-c5ccccc53)c3ccccc3-4)c3ccc4c5ccccc5n(-c5ccccc5)c4c3)cccc12. The first-order chi connectivity index (χ1) is 40.4. The Kier molecular flexibility index (Phi) is 8.97. The lowest BCUT2D eigenvalue weighted by Gasteiger charge is -2.32. The van der Waals surface area contributed by atoms with Crippen LogP contribution in [0.2, 0.25) is 0 Å². The summed E-state index contributed by atoms with van der Waals surface area (Å²) in [6, 6.07) is 95.4. The van der Waals surface area contributed by atoms with Crippen LogP contribution in [0.3, 0.4) is 0 Å². The molecule has 1 heterocycles. The molecule has 14 aromatic rings. The summed E-state index contributed by atoms with van der Waals surface area (Å²) >= 11 is 0. The third kappa shape index (κ3) is 6.52. The molecule has 2 aliphatic carbocycles. The summed E-state index contributed by atoms with van der Waals surface area (Å²) in [6.45, 7) is 0. The number of aromatic nitrogens is 1. The number of hydrogen-bond donors (Lipinski definition) is 0. The van der Waals surface area contributed by atoms with Crippen molar-refractivity contribution in [1.82, 2.24) is 4.57 Å². The third-order valence-corrected chi connectivity index (χ3v) is 16.4. The fourth-order valence-corrected chi connectivity index (χ4v) is 13.2. The van der Waals surface area contributed by atoms with Gasteiger partial charge in [-0.3, -0.25) is 0 Å². The smallest absolute Gasteiger partial charge is 0.0726 e. The van der Waals surface area contributed by atoms with Crippen LogP contribution in [-0.4, -0.2) is 4.57 Å². The van der Waals surface area contributed by atoms with Gasteiger partial charge in [0, 0.05) is 50.3 Å². The fourth-order valence-electron chi connectivity index (χ4n) is 13.2. The second-order valence-electron chi connectivity index (χ2n) is 20.4. The zero-order valence-electron chi connectivity index (χ0n) is 46.3. The molecule has 0 unspecified atom stereocenters. The first-order valence-electron chi connectivity index (χ1n) is 28.7. The first-order valence-corrected chi connectivity index (χ1v) is 26.7. The van der Waals surface area contributed by atoms with E-state index in [0.29, 0.717) is 5.56 Å². The van der Waals surface area contributed by atoms with Crippen molar-refractivity contribution in [2.24, 2.45) is 0 Å². The summed E-state index contributed by atoms with van der Waals surface area (Å²) in [5.41, 5.74) is 17.9. The van der Waals surface area contributed by atoms with Crippen molar-refractivity contribution in [3.8, 4) is 39.1 Å². The van der Waals surface area contributed by atoms with Gasteiger partial charge in [0.25, 0.3) is 0 Å². The minimum Gasteiger partial charge on any atom is -0.310 e. The molecule has 0 amide bonds. The number of benzene rings is 13. The highest BCUT2D eigenvalue weighted by Gasteiger charge is 2.51. The molecule has 1 spiro atoms. The maximum absolute atomic E-state index is 9.94. The molecule has 0 N–H and O–H groups in total. The van der Waals surface area contributed by atoms with Gasteiger partial charge in [-0.2, -0.15) is 0 Å². The van der Waals surface area contributed by atoms with Gasteiger partial charge in [-0.05, 0) is 157 Å². The van der Waals surface area contributed by atoms with E-state index in [1.165, 1.54) is 49.9 Å². The summed E-state index contributed by atoms with van der Waals surface area (Å²) in [5.74, 6) is 0. The molecule has 3 heteroatoms. The van der Waals surface area contributed by atoms with Gasteiger partial charge in [0.2, 0.25) is 0 Å². The lowest BCUT2D eigenvalue weighted by atomic mass is 9.70. The van der Waals surface area contributed by atoms with E-state index in [-0.39, 0.29) is 35.4 Å². The molecule has 2 aliphatic rings. The highest BCUT2D eigenvalue weighted by molar-refractivity contribution is 6.12. The molecular weight excluding hydrogens is 943 g/mol. The molecule has 0 saturated carbocycles. The van der Waals surface area contributed by atoms with E-state index in [1.54, 1.807) is 0 Å². The highest BCUT2D eigenvalue weighted by atomic mass is 15.2. The zero-order valence-corrected chi connectivity index (χ0v) is 42.3. The number of para-hydroxylation sites is 3. The minimum atomic E-state index is -0.579. The Balaban J connectivity index is 0.934. The minimum absolute atomic E-state index is 0.118. The van der Waals surface area contributed by atoms with Gasteiger partial charge in [-0.15, -0.1) is 0 Å². The Labute approximate surface area is 459 Å². The van der Waals surface area contributed by atoms with Crippen molar-refractivity contribution in [1.29, 1.82) is 0 Å². The highest BCUT2D eigenvalue weighted by Crippen LogP contribution is 2.63. The van der Waals surface area contributed by atoms with E-state index in [4.69, 9.17) is 0 Å². The maximum atomic E-state index is 9.94. The molecule has 0 saturated heterocycles. The van der Waals surface area contributed by atoms with Crippen LogP contribution in [0.25, 0.3) is 82.4 Å². The van der Waals surface area contributed by atoms with Crippen molar-refractivity contribution >= 4 is 77.5 Å². The van der Waals surface area contributed by atoms with E-state index in [2.05, 4.69) is 204 Å². The van der Waals surface area contributed by atoms with E-state index >= 15 is 0 Å².